The number of allylic oxidation sites excluding steroid dienone is 1. The van der Waals surface area contributed by atoms with Crippen LogP contribution in [0, 0.1) is 5.82 Å². The molecule has 0 radical (unpaired) electrons. The fourth-order valence-corrected chi connectivity index (χ4v) is 3.59. The largest absolute Gasteiger partial charge is 0.456 e. The van der Waals surface area contributed by atoms with Gasteiger partial charge >= 0.3 is 11.9 Å². The topological polar surface area (TPSA) is 64.6 Å². The summed E-state index contributed by atoms with van der Waals surface area (Å²) in [5.41, 5.74) is 1.77. The molecule has 1 aliphatic carbocycles. The number of halogens is 3. The van der Waals surface area contributed by atoms with Gasteiger partial charge in [0, 0.05) is 24.1 Å². The molecule has 1 N–H and O–H groups in total. The first kappa shape index (κ1) is 18.6. The van der Waals surface area contributed by atoms with Gasteiger partial charge in [-0.15, -0.1) is 0 Å². The Morgan fingerprint density at radius 2 is 2.11 bits per heavy atom. The fourth-order valence-electron chi connectivity index (χ4n) is 3.59. The Morgan fingerprint density at radius 3 is 2.75 bits per heavy atom. The molecule has 5 nitrogen and oxygen atoms in total. The quantitative estimate of drug-likeness (QED) is 0.627. The van der Waals surface area contributed by atoms with Crippen LogP contribution in [0.1, 0.15) is 43.7 Å². The van der Waals surface area contributed by atoms with E-state index < -0.39 is 29.6 Å². The molecule has 0 aromatic heterocycles. The van der Waals surface area contributed by atoms with Gasteiger partial charge in [0.15, 0.2) is 0 Å². The number of hydrogen-bond acceptors (Lipinski definition) is 5. The highest BCUT2D eigenvalue weighted by molar-refractivity contribution is 5.98. The number of nitrogens with one attached hydrogen (secondary N) is 1. The van der Waals surface area contributed by atoms with Gasteiger partial charge in [0.05, 0.1) is 22.8 Å². The summed E-state index contributed by atoms with van der Waals surface area (Å²) < 4.78 is 51.7. The van der Waals surface area contributed by atoms with Crippen molar-refractivity contribution in [2.75, 3.05) is 6.61 Å². The van der Waals surface area contributed by atoms with Crippen molar-refractivity contribution in [1.29, 1.82) is 0 Å². The van der Waals surface area contributed by atoms with Crippen LogP contribution in [-0.2, 0) is 20.7 Å². The van der Waals surface area contributed by atoms with Gasteiger partial charge in [-0.3, -0.25) is 0 Å². The van der Waals surface area contributed by atoms with Gasteiger partial charge in [-0.25, -0.2) is 22.8 Å². The number of dihydropyridines is 1. The zero-order valence-electron chi connectivity index (χ0n) is 15.3. The van der Waals surface area contributed by atoms with Crippen LogP contribution in [0.4, 0.5) is 13.2 Å². The third-order valence-electron chi connectivity index (χ3n) is 5.34. The predicted molar refractivity (Wildman–Crippen MR) is 92.2 cm³/mol. The summed E-state index contributed by atoms with van der Waals surface area (Å²) in [5, 5.41) is 2.96. The van der Waals surface area contributed by atoms with E-state index >= 15 is 0 Å². The molecule has 0 bridgehead atoms. The van der Waals surface area contributed by atoms with E-state index in [-0.39, 0.29) is 48.3 Å². The molecule has 8 heteroatoms. The van der Waals surface area contributed by atoms with Gasteiger partial charge < -0.3 is 14.8 Å². The van der Waals surface area contributed by atoms with Gasteiger partial charge in [0.25, 0.3) is 5.92 Å². The molecule has 1 aromatic carbocycles. The molecule has 2 aliphatic heterocycles. The number of ether oxygens (including phenoxy) is 2. The maximum Gasteiger partial charge on any atom is 0.341 e. The third kappa shape index (κ3) is 2.96. The zero-order valence-corrected chi connectivity index (χ0v) is 15.3. The van der Waals surface area contributed by atoms with Crippen LogP contribution in [0.15, 0.2) is 34.7 Å². The van der Waals surface area contributed by atoms with Crippen LogP contribution >= 0.6 is 0 Å². The standard InChI is InChI=1S/C20H18F3NO4/c1-3-10-16(5-4-11(17(10)21)14-7-20(14,22)23)28-19(26)12-6-13-15(24-9(12)2)8-27-18(13)25/h4-5,14,24H,3,6-8H2,1-2H3. The second kappa shape index (κ2) is 6.39. The monoisotopic (exact) mass is 393 g/mol. The molecule has 1 fully saturated rings. The third-order valence-corrected chi connectivity index (χ3v) is 5.34. The summed E-state index contributed by atoms with van der Waals surface area (Å²) in [6.07, 6.45) is -0.141. The van der Waals surface area contributed by atoms with E-state index in [4.69, 9.17) is 9.47 Å². The maximum atomic E-state index is 14.7. The van der Waals surface area contributed by atoms with Crippen molar-refractivity contribution in [3.05, 3.63) is 51.6 Å². The maximum absolute atomic E-state index is 14.7. The summed E-state index contributed by atoms with van der Waals surface area (Å²) in [6.45, 7) is 3.46. The molecule has 4 rings (SSSR count). The van der Waals surface area contributed by atoms with E-state index in [0.29, 0.717) is 17.0 Å². The first-order valence-electron chi connectivity index (χ1n) is 9.00. The molecule has 0 amide bonds. The minimum Gasteiger partial charge on any atom is -0.456 e. The van der Waals surface area contributed by atoms with E-state index in [1.54, 1.807) is 13.8 Å². The summed E-state index contributed by atoms with van der Waals surface area (Å²) >= 11 is 0. The van der Waals surface area contributed by atoms with Crippen molar-refractivity contribution in [3.63, 3.8) is 0 Å². The number of hydrogen-bond donors (Lipinski definition) is 1. The average molecular weight is 393 g/mol. The number of esters is 2. The first-order chi connectivity index (χ1) is 13.2. The summed E-state index contributed by atoms with van der Waals surface area (Å²) in [4.78, 5) is 24.4. The Bertz CT molecular complexity index is 964. The van der Waals surface area contributed by atoms with Crippen LogP contribution in [0.3, 0.4) is 0 Å². The molecular weight excluding hydrogens is 375 g/mol. The van der Waals surface area contributed by atoms with E-state index in [1.807, 2.05) is 0 Å². The Balaban J connectivity index is 1.57. The van der Waals surface area contributed by atoms with Crippen LogP contribution in [0.2, 0.25) is 0 Å². The van der Waals surface area contributed by atoms with Crippen molar-refractivity contribution in [1.82, 2.24) is 5.32 Å². The van der Waals surface area contributed by atoms with Gasteiger partial charge in [-0.1, -0.05) is 13.0 Å². The van der Waals surface area contributed by atoms with E-state index in [2.05, 4.69) is 5.32 Å². The lowest BCUT2D eigenvalue weighted by molar-refractivity contribution is -0.136. The number of benzene rings is 1. The predicted octanol–water partition coefficient (Wildman–Crippen LogP) is 3.49. The average Bonchev–Trinajstić information content (AvgIpc) is 3.12. The zero-order chi connectivity index (χ0) is 20.2. The Morgan fingerprint density at radius 1 is 1.39 bits per heavy atom. The molecule has 1 unspecified atom stereocenters. The smallest absolute Gasteiger partial charge is 0.341 e. The van der Waals surface area contributed by atoms with Crippen LogP contribution in [0.25, 0.3) is 0 Å². The fraction of sp³-hybridized carbons (Fsp3) is 0.400. The molecular formula is C20H18F3NO4. The highest BCUT2D eigenvalue weighted by atomic mass is 19.3. The highest BCUT2D eigenvalue weighted by Crippen LogP contribution is 2.56. The molecule has 0 saturated heterocycles. The van der Waals surface area contributed by atoms with Crippen LogP contribution in [0.5, 0.6) is 5.75 Å². The van der Waals surface area contributed by atoms with Crippen molar-refractivity contribution >= 4 is 11.9 Å². The molecule has 1 atom stereocenters. The molecule has 2 heterocycles. The van der Waals surface area contributed by atoms with Crippen molar-refractivity contribution in [2.24, 2.45) is 0 Å². The van der Waals surface area contributed by atoms with Crippen molar-refractivity contribution in [3.8, 4) is 5.75 Å². The van der Waals surface area contributed by atoms with Crippen LogP contribution < -0.4 is 10.1 Å². The molecule has 28 heavy (non-hydrogen) atoms. The van der Waals surface area contributed by atoms with Gasteiger partial charge in [-0.05, 0) is 25.0 Å². The summed E-state index contributed by atoms with van der Waals surface area (Å²) in [6, 6.07) is 2.60. The Hall–Kier alpha value is -2.77. The summed E-state index contributed by atoms with van der Waals surface area (Å²) in [5.74, 6) is -6.00. The molecule has 148 valence electrons. The van der Waals surface area contributed by atoms with E-state index in [9.17, 15) is 22.8 Å². The summed E-state index contributed by atoms with van der Waals surface area (Å²) in [7, 11) is 0. The SMILES string of the molecule is CCc1c(OC(=O)C2=C(C)NC3=C(C2)C(=O)OC3)ccc(C2CC2(F)F)c1F. The van der Waals surface area contributed by atoms with Gasteiger partial charge in [0.2, 0.25) is 0 Å². The van der Waals surface area contributed by atoms with Crippen molar-refractivity contribution in [2.45, 2.75) is 45.0 Å². The number of alkyl halides is 2. The normalized spacial score (nSPS) is 22.6. The van der Waals surface area contributed by atoms with Crippen molar-refractivity contribution < 1.29 is 32.2 Å². The highest BCUT2D eigenvalue weighted by Gasteiger charge is 2.58. The minimum absolute atomic E-state index is 0.00760. The van der Waals surface area contributed by atoms with E-state index in [1.165, 1.54) is 12.1 Å². The second-order valence-electron chi connectivity index (χ2n) is 7.14. The molecule has 1 saturated carbocycles. The number of carbonyl (C=O) groups is 2. The Kier molecular flexibility index (Phi) is 4.24. The lowest BCUT2D eigenvalue weighted by Crippen LogP contribution is -2.25. The van der Waals surface area contributed by atoms with Crippen LogP contribution in [-0.4, -0.2) is 24.5 Å². The van der Waals surface area contributed by atoms with E-state index in [0.717, 1.165) is 0 Å². The minimum atomic E-state index is -2.89. The molecule has 1 aromatic rings. The number of cyclic esters (lactones) is 1. The number of rotatable bonds is 4. The lowest BCUT2D eigenvalue weighted by atomic mass is 9.99. The first-order valence-corrected chi connectivity index (χ1v) is 9.00. The molecule has 0 spiro atoms. The molecule has 3 aliphatic rings. The lowest BCUT2D eigenvalue weighted by Gasteiger charge is -2.19. The van der Waals surface area contributed by atoms with Gasteiger partial charge in [-0.2, -0.15) is 0 Å². The number of carbonyl (C=O) groups excluding carboxylic acids is 2. The second-order valence-corrected chi connectivity index (χ2v) is 7.14. The van der Waals surface area contributed by atoms with Gasteiger partial charge in [0.1, 0.15) is 18.2 Å². The Labute approximate surface area is 159 Å².